The Kier molecular flexibility index (Phi) is 4.29. The molecule has 1 aromatic heterocycles. The fourth-order valence-corrected chi connectivity index (χ4v) is 2.44. The summed E-state index contributed by atoms with van der Waals surface area (Å²) in [7, 11) is 1.53. The van der Waals surface area contributed by atoms with Gasteiger partial charge in [0.2, 0.25) is 0 Å². The Morgan fingerprint density at radius 1 is 1.17 bits per heavy atom. The van der Waals surface area contributed by atoms with Crippen LogP contribution in [-0.4, -0.2) is 22.8 Å². The molecule has 6 heteroatoms. The van der Waals surface area contributed by atoms with Gasteiger partial charge in [0.15, 0.2) is 0 Å². The molecule has 0 bridgehead atoms. The van der Waals surface area contributed by atoms with Gasteiger partial charge in [-0.25, -0.2) is 9.07 Å². The SMILES string of the molecule is COc1ccccc1NC(=O)c1cnn(-c2ccccc2F)c1C. The molecular formula is C18H16FN3O2. The minimum Gasteiger partial charge on any atom is -0.495 e. The molecule has 3 aromatic rings. The smallest absolute Gasteiger partial charge is 0.259 e. The van der Waals surface area contributed by atoms with Gasteiger partial charge >= 0.3 is 0 Å². The topological polar surface area (TPSA) is 56.1 Å². The van der Waals surface area contributed by atoms with Crippen molar-refractivity contribution in [2.75, 3.05) is 12.4 Å². The van der Waals surface area contributed by atoms with E-state index in [1.807, 2.05) is 6.07 Å². The first-order valence-corrected chi connectivity index (χ1v) is 7.35. The summed E-state index contributed by atoms with van der Waals surface area (Å²) in [6, 6.07) is 13.4. The fraction of sp³-hybridized carbons (Fsp3) is 0.111. The summed E-state index contributed by atoms with van der Waals surface area (Å²) >= 11 is 0. The summed E-state index contributed by atoms with van der Waals surface area (Å²) in [6.45, 7) is 1.72. The van der Waals surface area contributed by atoms with Gasteiger partial charge in [-0.05, 0) is 31.2 Å². The summed E-state index contributed by atoms with van der Waals surface area (Å²) in [5.41, 5.74) is 1.77. The number of nitrogens with zero attached hydrogens (tertiary/aromatic N) is 2. The Balaban J connectivity index is 1.91. The number of carbonyl (C=O) groups excluding carboxylic acids is 1. The van der Waals surface area contributed by atoms with E-state index in [1.54, 1.807) is 43.3 Å². The third-order valence-corrected chi connectivity index (χ3v) is 3.69. The van der Waals surface area contributed by atoms with Crippen LogP contribution in [0.2, 0.25) is 0 Å². The van der Waals surface area contributed by atoms with Gasteiger partial charge in [0, 0.05) is 0 Å². The first kappa shape index (κ1) is 15.7. The molecule has 0 aliphatic rings. The monoisotopic (exact) mass is 325 g/mol. The Morgan fingerprint density at radius 3 is 2.62 bits per heavy atom. The summed E-state index contributed by atoms with van der Waals surface area (Å²) in [5.74, 6) is -0.176. The van der Waals surface area contributed by atoms with Gasteiger partial charge in [-0.2, -0.15) is 5.10 Å². The van der Waals surface area contributed by atoms with Crippen LogP contribution in [0, 0.1) is 12.7 Å². The first-order valence-electron chi connectivity index (χ1n) is 7.35. The van der Waals surface area contributed by atoms with E-state index < -0.39 is 5.82 Å². The molecule has 0 fully saturated rings. The van der Waals surface area contributed by atoms with E-state index in [0.29, 0.717) is 28.4 Å². The number of methoxy groups -OCH3 is 1. The predicted octanol–water partition coefficient (Wildman–Crippen LogP) is 3.58. The average Bonchev–Trinajstić information content (AvgIpc) is 2.97. The molecule has 1 amide bonds. The van der Waals surface area contributed by atoms with Gasteiger partial charge in [-0.3, -0.25) is 4.79 Å². The van der Waals surface area contributed by atoms with Crippen LogP contribution in [-0.2, 0) is 0 Å². The van der Waals surface area contributed by atoms with E-state index in [0.717, 1.165) is 0 Å². The zero-order chi connectivity index (χ0) is 17.1. The van der Waals surface area contributed by atoms with Gasteiger partial charge in [0.05, 0.1) is 30.3 Å². The van der Waals surface area contributed by atoms with Crippen LogP contribution in [0.3, 0.4) is 0 Å². The average molecular weight is 325 g/mol. The van der Waals surface area contributed by atoms with Crippen molar-refractivity contribution in [3.05, 3.63) is 71.8 Å². The van der Waals surface area contributed by atoms with Crippen LogP contribution in [0.4, 0.5) is 10.1 Å². The lowest BCUT2D eigenvalue weighted by molar-refractivity contribution is 0.102. The lowest BCUT2D eigenvalue weighted by Gasteiger charge is -2.10. The number of nitrogens with one attached hydrogen (secondary N) is 1. The van der Waals surface area contributed by atoms with Crippen LogP contribution in [0.25, 0.3) is 5.69 Å². The highest BCUT2D eigenvalue weighted by molar-refractivity contribution is 6.05. The molecule has 0 atom stereocenters. The van der Waals surface area contributed by atoms with Gasteiger partial charge < -0.3 is 10.1 Å². The number of anilines is 1. The normalized spacial score (nSPS) is 10.5. The molecule has 1 heterocycles. The second kappa shape index (κ2) is 6.54. The zero-order valence-corrected chi connectivity index (χ0v) is 13.3. The number of benzene rings is 2. The molecule has 0 saturated carbocycles. The number of hydrogen-bond donors (Lipinski definition) is 1. The lowest BCUT2D eigenvalue weighted by Crippen LogP contribution is -2.14. The fourth-order valence-electron chi connectivity index (χ4n) is 2.44. The maximum Gasteiger partial charge on any atom is 0.259 e. The standard InChI is InChI=1S/C18H16FN3O2/c1-12-13(11-20-22(12)16-9-5-3-7-14(16)19)18(23)21-15-8-4-6-10-17(15)24-2/h3-11H,1-2H3,(H,21,23). The van der Waals surface area contributed by atoms with Crippen molar-refractivity contribution in [3.8, 4) is 11.4 Å². The highest BCUT2D eigenvalue weighted by Crippen LogP contribution is 2.24. The van der Waals surface area contributed by atoms with Crippen molar-refractivity contribution in [2.24, 2.45) is 0 Å². The molecular weight excluding hydrogens is 309 g/mol. The summed E-state index contributed by atoms with van der Waals surface area (Å²) in [4.78, 5) is 12.5. The molecule has 0 unspecified atom stereocenters. The molecule has 0 aliphatic carbocycles. The van der Waals surface area contributed by atoms with Crippen molar-refractivity contribution in [2.45, 2.75) is 6.92 Å². The minimum atomic E-state index is -0.402. The van der Waals surface area contributed by atoms with Crippen molar-refractivity contribution >= 4 is 11.6 Å². The van der Waals surface area contributed by atoms with Gasteiger partial charge in [-0.1, -0.05) is 24.3 Å². The van der Waals surface area contributed by atoms with E-state index in [1.165, 1.54) is 24.1 Å². The first-order chi connectivity index (χ1) is 11.6. The van der Waals surface area contributed by atoms with E-state index in [9.17, 15) is 9.18 Å². The maximum atomic E-state index is 13.9. The Hall–Kier alpha value is -3.15. The number of amides is 1. The Bertz CT molecular complexity index is 889. The molecule has 0 spiro atoms. The number of para-hydroxylation sites is 3. The highest BCUT2D eigenvalue weighted by Gasteiger charge is 2.17. The molecule has 0 aliphatic heterocycles. The molecule has 2 aromatic carbocycles. The van der Waals surface area contributed by atoms with Crippen molar-refractivity contribution in [1.29, 1.82) is 0 Å². The summed E-state index contributed by atoms with van der Waals surface area (Å²) < 4.78 is 20.6. The second-order valence-corrected chi connectivity index (χ2v) is 5.16. The van der Waals surface area contributed by atoms with Crippen LogP contribution < -0.4 is 10.1 Å². The highest BCUT2D eigenvalue weighted by atomic mass is 19.1. The van der Waals surface area contributed by atoms with E-state index >= 15 is 0 Å². The van der Waals surface area contributed by atoms with Gasteiger partial charge in [0.1, 0.15) is 17.3 Å². The van der Waals surface area contributed by atoms with Crippen LogP contribution in [0.15, 0.2) is 54.7 Å². The predicted molar refractivity (Wildman–Crippen MR) is 89.2 cm³/mol. The lowest BCUT2D eigenvalue weighted by atomic mass is 10.2. The molecule has 0 radical (unpaired) electrons. The van der Waals surface area contributed by atoms with Gasteiger partial charge in [-0.15, -0.1) is 0 Å². The molecule has 1 N–H and O–H groups in total. The summed E-state index contributed by atoms with van der Waals surface area (Å²) in [5, 5.41) is 6.92. The maximum absolute atomic E-state index is 13.9. The van der Waals surface area contributed by atoms with E-state index in [2.05, 4.69) is 10.4 Å². The minimum absolute atomic E-state index is 0.298. The number of aromatic nitrogens is 2. The molecule has 0 saturated heterocycles. The van der Waals surface area contributed by atoms with Crippen LogP contribution in [0.5, 0.6) is 5.75 Å². The molecule has 24 heavy (non-hydrogen) atoms. The number of halogens is 1. The summed E-state index contributed by atoms with van der Waals surface area (Å²) in [6.07, 6.45) is 1.42. The second-order valence-electron chi connectivity index (χ2n) is 5.16. The number of hydrogen-bond acceptors (Lipinski definition) is 3. The third kappa shape index (κ3) is 2.86. The number of carbonyl (C=O) groups is 1. The van der Waals surface area contributed by atoms with Crippen molar-refractivity contribution in [3.63, 3.8) is 0 Å². The third-order valence-electron chi connectivity index (χ3n) is 3.69. The zero-order valence-electron chi connectivity index (χ0n) is 13.3. The Labute approximate surface area is 138 Å². The number of ether oxygens (including phenoxy) is 1. The van der Waals surface area contributed by atoms with Crippen molar-refractivity contribution in [1.82, 2.24) is 9.78 Å². The Morgan fingerprint density at radius 2 is 1.88 bits per heavy atom. The van der Waals surface area contributed by atoms with Crippen LogP contribution in [0.1, 0.15) is 16.1 Å². The largest absolute Gasteiger partial charge is 0.495 e. The molecule has 5 nitrogen and oxygen atoms in total. The van der Waals surface area contributed by atoms with Crippen molar-refractivity contribution < 1.29 is 13.9 Å². The number of rotatable bonds is 4. The van der Waals surface area contributed by atoms with E-state index in [-0.39, 0.29) is 5.91 Å². The molecule has 3 rings (SSSR count). The van der Waals surface area contributed by atoms with Gasteiger partial charge in [0.25, 0.3) is 5.91 Å². The van der Waals surface area contributed by atoms with E-state index in [4.69, 9.17) is 4.74 Å². The molecule has 122 valence electrons. The quantitative estimate of drug-likeness (QED) is 0.797. The van der Waals surface area contributed by atoms with Crippen LogP contribution >= 0.6 is 0 Å².